The highest BCUT2D eigenvalue weighted by Gasteiger charge is 2.13. The first-order valence-electron chi connectivity index (χ1n) is 6.33. The second-order valence-electron chi connectivity index (χ2n) is 4.45. The van der Waals surface area contributed by atoms with E-state index in [9.17, 15) is 4.39 Å². The van der Waals surface area contributed by atoms with Crippen molar-refractivity contribution in [2.24, 2.45) is 0 Å². The van der Waals surface area contributed by atoms with Crippen molar-refractivity contribution in [3.8, 4) is 0 Å². The van der Waals surface area contributed by atoms with E-state index in [0.29, 0.717) is 4.47 Å². The molecule has 1 N–H and O–H groups in total. The zero-order chi connectivity index (χ0) is 13.8. The second kappa shape index (κ2) is 6.64. The highest BCUT2D eigenvalue weighted by atomic mass is 79.9. The van der Waals surface area contributed by atoms with Crippen LogP contribution in [0.4, 0.5) is 4.39 Å². The summed E-state index contributed by atoms with van der Waals surface area (Å²) in [5, 5.41) is 3.34. The molecule has 102 valence electrons. The number of hydrogen-bond acceptors (Lipinski definition) is 2. The zero-order valence-corrected chi connectivity index (χ0v) is 13.4. The molecule has 0 saturated carbocycles. The van der Waals surface area contributed by atoms with Gasteiger partial charge in [0.15, 0.2) is 0 Å². The van der Waals surface area contributed by atoms with Crippen LogP contribution in [0.5, 0.6) is 0 Å². The van der Waals surface area contributed by atoms with Crippen LogP contribution < -0.4 is 5.32 Å². The Bertz CT molecular complexity index is 553. The van der Waals surface area contributed by atoms with Crippen LogP contribution >= 0.6 is 27.3 Å². The summed E-state index contributed by atoms with van der Waals surface area (Å²) in [7, 11) is 1.97. The fraction of sp³-hybridized carbons (Fsp3) is 0.333. The number of nitrogens with one attached hydrogen (secondary N) is 1. The number of benzene rings is 1. The molecule has 2 rings (SSSR count). The monoisotopic (exact) mass is 341 g/mol. The topological polar surface area (TPSA) is 12.0 Å². The van der Waals surface area contributed by atoms with Gasteiger partial charge in [0.2, 0.25) is 0 Å². The van der Waals surface area contributed by atoms with E-state index in [2.05, 4.69) is 40.3 Å². The largest absolute Gasteiger partial charge is 0.312 e. The number of halogens is 2. The summed E-state index contributed by atoms with van der Waals surface area (Å²) < 4.78 is 13.8. The molecule has 0 spiro atoms. The van der Waals surface area contributed by atoms with Gasteiger partial charge in [0.1, 0.15) is 5.82 Å². The molecule has 1 atom stereocenters. The maximum Gasteiger partial charge on any atom is 0.137 e. The molecule has 1 unspecified atom stereocenters. The van der Waals surface area contributed by atoms with Crippen LogP contribution in [0, 0.1) is 5.82 Å². The van der Waals surface area contributed by atoms with Crippen LogP contribution in [0.3, 0.4) is 0 Å². The third-order valence-electron chi connectivity index (χ3n) is 3.15. The molecule has 0 saturated heterocycles. The zero-order valence-electron chi connectivity index (χ0n) is 11.0. The van der Waals surface area contributed by atoms with Crippen molar-refractivity contribution in [2.45, 2.75) is 25.8 Å². The first-order chi connectivity index (χ1) is 9.13. The molecule has 0 fully saturated rings. The normalized spacial score (nSPS) is 12.6. The maximum absolute atomic E-state index is 13.2. The predicted molar refractivity (Wildman–Crippen MR) is 83.3 cm³/mol. The molecule has 0 radical (unpaired) electrons. The van der Waals surface area contributed by atoms with Crippen LogP contribution in [0.25, 0.3) is 0 Å². The van der Waals surface area contributed by atoms with Gasteiger partial charge in [0.25, 0.3) is 0 Å². The molecule has 0 aliphatic rings. The van der Waals surface area contributed by atoms with Crippen LogP contribution in [0.1, 0.15) is 28.3 Å². The summed E-state index contributed by atoms with van der Waals surface area (Å²) >= 11 is 5.08. The van der Waals surface area contributed by atoms with Crippen molar-refractivity contribution < 1.29 is 4.39 Å². The van der Waals surface area contributed by atoms with E-state index >= 15 is 0 Å². The molecule has 0 aliphatic heterocycles. The van der Waals surface area contributed by atoms with Crippen LogP contribution in [-0.4, -0.2) is 7.05 Å². The Kier molecular flexibility index (Phi) is 5.13. The Labute approximate surface area is 126 Å². The van der Waals surface area contributed by atoms with Gasteiger partial charge in [0, 0.05) is 15.8 Å². The van der Waals surface area contributed by atoms with E-state index in [1.54, 1.807) is 0 Å². The first kappa shape index (κ1) is 14.7. The minimum atomic E-state index is -0.214. The third kappa shape index (κ3) is 3.65. The van der Waals surface area contributed by atoms with Gasteiger partial charge in [-0.25, -0.2) is 4.39 Å². The molecule has 19 heavy (non-hydrogen) atoms. The van der Waals surface area contributed by atoms with Gasteiger partial charge in [-0.1, -0.05) is 13.0 Å². The van der Waals surface area contributed by atoms with E-state index in [0.717, 1.165) is 18.4 Å². The summed E-state index contributed by atoms with van der Waals surface area (Å²) in [5.74, 6) is -0.214. The highest BCUT2D eigenvalue weighted by molar-refractivity contribution is 9.10. The summed E-state index contributed by atoms with van der Waals surface area (Å²) in [4.78, 5) is 2.73. The van der Waals surface area contributed by atoms with Crippen molar-refractivity contribution in [3.63, 3.8) is 0 Å². The van der Waals surface area contributed by atoms with E-state index in [1.807, 2.05) is 30.5 Å². The van der Waals surface area contributed by atoms with Gasteiger partial charge in [0.05, 0.1) is 4.47 Å². The fourth-order valence-electron chi connectivity index (χ4n) is 2.02. The molecule has 1 aromatic carbocycles. The van der Waals surface area contributed by atoms with Crippen LogP contribution in [0.2, 0.25) is 0 Å². The second-order valence-corrected chi connectivity index (χ2v) is 6.51. The molecular formula is C15H17BrFNS. The molecule has 4 heteroatoms. The maximum atomic E-state index is 13.2. The lowest BCUT2D eigenvalue weighted by Crippen LogP contribution is -2.17. The lowest BCUT2D eigenvalue weighted by Gasteiger charge is -2.15. The quantitative estimate of drug-likeness (QED) is 0.829. The SMILES string of the molecule is CCc1ccc(C(Cc2ccc(F)c(Br)c2)NC)s1. The number of likely N-dealkylation sites (N-methyl/N-ethyl adjacent to an activating group) is 1. The number of rotatable bonds is 5. The number of thiophene rings is 1. The average molecular weight is 342 g/mol. The Morgan fingerprint density at radius 3 is 2.68 bits per heavy atom. The van der Waals surface area contributed by atoms with Gasteiger partial charge in [-0.3, -0.25) is 0 Å². The fourth-order valence-corrected chi connectivity index (χ4v) is 3.51. The van der Waals surface area contributed by atoms with E-state index in [-0.39, 0.29) is 11.9 Å². The van der Waals surface area contributed by atoms with Gasteiger partial charge >= 0.3 is 0 Å². The minimum absolute atomic E-state index is 0.214. The Balaban J connectivity index is 2.16. The van der Waals surface area contributed by atoms with Crippen LogP contribution in [0.15, 0.2) is 34.8 Å². The van der Waals surface area contributed by atoms with E-state index in [1.165, 1.54) is 15.8 Å². The average Bonchev–Trinajstić information content (AvgIpc) is 2.88. The summed E-state index contributed by atoms with van der Waals surface area (Å²) in [6.45, 7) is 2.17. The minimum Gasteiger partial charge on any atom is -0.312 e. The smallest absolute Gasteiger partial charge is 0.137 e. The molecule has 1 aromatic heterocycles. The summed E-state index contributed by atoms with van der Waals surface area (Å²) in [6, 6.07) is 9.86. The number of aryl methyl sites for hydroxylation is 1. The third-order valence-corrected chi connectivity index (χ3v) is 5.10. The molecule has 1 heterocycles. The Morgan fingerprint density at radius 2 is 2.11 bits per heavy atom. The van der Waals surface area contributed by atoms with Crippen LogP contribution in [-0.2, 0) is 12.8 Å². The number of hydrogen-bond donors (Lipinski definition) is 1. The highest BCUT2D eigenvalue weighted by Crippen LogP contribution is 2.27. The summed E-state index contributed by atoms with van der Waals surface area (Å²) in [6.07, 6.45) is 1.93. The molecular weight excluding hydrogens is 325 g/mol. The lowest BCUT2D eigenvalue weighted by molar-refractivity contribution is 0.596. The Hall–Kier alpha value is -0.710. The molecule has 2 aromatic rings. The van der Waals surface area contributed by atoms with Gasteiger partial charge < -0.3 is 5.32 Å². The van der Waals surface area contributed by atoms with Crippen molar-refractivity contribution in [2.75, 3.05) is 7.05 Å². The van der Waals surface area contributed by atoms with Gasteiger partial charge in [-0.15, -0.1) is 11.3 Å². The predicted octanol–water partition coefficient (Wildman–Crippen LogP) is 4.72. The lowest BCUT2D eigenvalue weighted by atomic mass is 10.0. The molecule has 1 nitrogen and oxygen atoms in total. The Morgan fingerprint density at radius 1 is 1.32 bits per heavy atom. The standard InChI is InChI=1S/C15H17BrFNS/c1-3-11-5-7-15(19-11)14(18-2)9-10-4-6-13(17)12(16)8-10/h4-8,14,18H,3,9H2,1-2H3. The van der Waals surface area contributed by atoms with Crippen molar-refractivity contribution >= 4 is 27.3 Å². The van der Waals surface area contributed by atoms with Gasteiger partial charge in [-0.05, 0) is 65.6 Å². The van der Waals surface area contributed by atoms with Crippen molar-refractivity contribution in [1.29, 1.82) is 0 Å². The van der Waals surface area contributed by atoms with E-state index < -0.39 is 0 Å². The first-order valence-corrected chi connectivity index (χ1v) is 7.94. The van der Waals surface area contributed by atoms with Gasteiger partial charge in [-0.2, -0.15) is 0 Å². The van der Waals surface area contributed by atoms with Crippen molar-refractivity contribution in [1.82, 2.24) is 5.32 Å². The molecule has 0 bridgehead atoms. The molecule has 0 amide bonds. The van der Waals surface area contributed by atoms with Crippen molar-refractivity contribution in [3.05, 3.63) is 55.9 Å². The summed E-state index contributed by atoms with van der Waals surface area (Å²) in [5.41, 5.74) is 1.12. The molecule has 0 aliphatic carbocycles. The van der Waals surface area contributed by atoms with E-state index in [4.69, 9.17) is 0 Å².